The molecular formula is C12H19N5O3. The predicted molar refractivity (Wildman–Crippen MR) is 71.1 cm³/mol. The van der Waals surface area contributed by atoms with Gasteiger partial charge >= 0.3 is 12.0 Å². The second-order valence-electron chi connectivity index (χ2n) is 4.83. The quantitative estimate of drug-likeness (QED) is 0.788. The maximum Gasteiger partial charge on any atom is 0.320 e. The van der Waals surface area contributed by atoms with Gasteiger partial charge < -0.3 is 19.9 Å². The summed E-state index contributed by atoms with van der Waals surface area (Å²) in [5, 5.41) is 8.73. The van der Waals surface area contributed by atoms with Crippen molar-refractivity contribution in [3.05, 3.63) is 18.2 Å². The lowest BCUT2D eigenvalue weighted by Gasteiger charge is -2.35. The number of aromatic nitrogens is 2. The fraction of sp³-hybridized carbons (Fsp3) is 0.583. The summed E-state index contributed by atoms with van der Waals surface area (Å²) in [7, 11) is 1.73. The standard InChI is InChI=1S/C12H19N5O3/c1-15(8-10-13-2-3-14-10)12(20)17-6-4-16(5-7-17)9-11(18)19/h2-3H,4-9H2,1H3,(H,13,14)(H,18,19). The van der Waals surface area contributed by atoms with Gasteiger partial charge in [-0.25, -0.2) is 9.78 Å². The van der Waals surface area contributed by atoms with Crippen LogP contribution in [0.5, 0.6) is 0 Å². The highest BCUT2D eigenvalue weighted by Gasteiger charge is 2.24. The Morgan fingerprint density at radius 1 is 1.40 bits per heavy atom. The molecule has 2 heterocycles. The average molecular weight is 281 g/mol. The molecule has 2 N–H and O–H groups in total. The van der Waals surface area contributed by atoms with Gasteiger partial charge in [0, 0.05) is 45.6 Å². The summed E-state index contributed by atoms with van der Waals surface area (Å²) in [5.74, 6) is -0.0925. The first-order valence-electron chi connectivity index (χ1n) is 6.48. The largest absolute Gasteiger partial charge is 0.480 e. The normalized spacial score (nSPS) is 16.1. The van der Waals surface area contributed by atoms with Crippen LogP contribution in [0, 0.1) is 0 Å². The maximum absolute atomic E-state index is 12.2. The van der Waals surface area contributed by atoms with Crippen LogP contribution in [0.2, 0.25) is 0 Å². The van der Waals surface area contributed by atoms with Crippen molar-refractivity contribution in [3.63, 3.8) is 0 Å². The van der Waals surface area contributed by atoms with Crippen molar-refractivity contribution < 1.29 is 14.7 Å². The van der Waals surface area contributed by atoms with Crippen LogP contribution in [0.15, 0.2) is 12.4 Å². The average Bonchev–Trinajstić information content (AvgIpc) is 2.91. The number of aliphatic carboxylic acids is 1. The van der Waals surface area contributed by atoms with Crippen molar-refractivity contribution in [2.24, 2.45) is 0 Å². The zero-order chi connectivity index (χ0) is 14.5. The molecule has 1 aromatic rings. The van der Waals surface area contributed by atoms with Crippen LogP contribution in [0.25, 0.3) is 0 Å². The number of aromatic amines is 1. The van der Waals surface area contributed by atoms with Gasteiger partial charge in [0.15, 0.2) is 0 Å². The fourth-order valence-corrected chi connectivity index (χ4v) is 2.21. The first-order valence-corrected chi connectivity index (χ1v) is 6.48. The number of carbonyl (C=O) groups is 2. The zero-order valence-corrected chi connectivity index (χ0v) is 11.4. The summed E-state index contributed by atoms with van der Waals surface area (Å²) >= 11 is 0. The van der Waals surface area contributed by atoms with Crippen molar-refractivity contribution in [3.8, 4) is 0 Å². The van der Waals surface area contributed by atoms with Crippen LogP contribution < -0.4 is 0 Å². The van der Waals surface area contributed by atoms with Crippen molar-refractivity contribution in [1.29, 1.82) is 0 Å². The first-order chi connectivity index (χ1) is 9.56. The third kappa shape index (κ3) is 3.70. The van der Waals surface area contributed by atoms with E-state index in [1.54, 1.807) is 29.2 Å². The monoisotopic (exact) mass is 281 g/mol. The molecule has 1 saturated heterocycles. The maximum atomic E-state index is 12.2. The van der Waals surface area contributed by atoms with E-state index in [-0.39, 0.29) is 12.6 Å². The zero-order valence-electron chi connectivity index (χ0n) is 11.4. The van der Waals surface area contributed by atoms with E-state index in [4.69, 9.17) is 5.11 Å². The molecular weight excluding hydrogens is 262 g/mol. The van der Waals surface area contributed by atoms with E-state index in [0.717, 1.165) is 5.82 Å². The predicted octanol–water partition coefficient (Wildman–Crippen LogP) is -0.336. The number of hydrogen-bond donors (Lipinski definition) is 2. The molecule has 2 amide bonds. The first kappa shape index (κ1) is 14.3. The molecule has 0 aromatic carbocycles. The number of H-pyrrole nitrogens is 1. The minimum Gasteiger partial charge on any atom is -0.480 e. The molecule has 8 heteroatoms. The SMILES string of the molecule is CN(Cc1ncc[nH]1)C(=O)N1CCN(CC(=O)O)CC1. The molecule has 1 fully saturated rings. The lowest BCUT2D eigenvalue weighted by Crippen LogP contribution is -2.52. The van der Waals surface area contributed by atoms with Crippen LogP contribution in [0.1, 0.15) is 5.82 Å². The molecule has 1 aliphatic rings. The second kappa shape index (κ2) is 6.38. The summed E-state index contributed by atoms with van der Waals surface area (Å²) in [6, 6.07) is -0.0589. The van der Waals surface area contributed by atoms with Gasteiger partial charge in [0.25, 0.3) is 0 Å². The number of rotatable bonds is 4. The van der Waals surface area contributed by atoms with Crippen molar-refractivity contribution in [2.75, 3.05) is 39.8 Å². The molecule has 8 nitrogen and oxygen atoms in total. The van der Waals surface area contributed by atoms with Crippen LogP contribution in [-0.2, 0) is 11.3 Å². The Morgan fingerprint density at radius 2 is 2.10 bits per heavy atom. The van der Waals surface area contributed by atoms with E-state index in [9.17, 15) is 9.59 Å². The number of hydrogen-bond acceptors (Lipinski definition) is 4. The lowest BCUT2D eigenvalue weighted by atomic mass is 10.3. The number of amides is 2. The summed E-state index contributed by atoms with van der Waals surface area (Å²) < 4.78 is 0. The Morgan fingerprint density at radius 3 is 2.65 bits per heavy atom. The van der Waals surface area contributed by atoms with Crippen molar-refractivity contribution in [2.45, 2.75) is 6.54 Å². The third-order valence-corrected chi connectivity index (χ3v) is 3.27. The van der Waals surface area contributed by atoms with Crippen LogP contribution in [0.4, 0.5) is 4.79 Å². The van der Waals surface area contributed by atoms with Gasteiger partial charge in [-0.15, -0.1) is 0 Å². The number of nitrogens with one attached hydrogen (secondary N) is 1. The highest BCUT2D eigenvalue weighted by Crippen LogP contribution is 2.06. The summed E-state index contributed by atoms with van der Waals surface area (Å²) in [5.41, 5.74) is 0. The fourth-order valence-electron chi connectivity index (χ4n) is 2.21. The molecule has 20 heavy (non-hydrogen) atoms. The number of imidazole rings is 1. The molecule has 0 spiro atoms. The summed E-state index contributed by atoms with van der Waals surface area (Å²) in [6.45, 7) is 2.74. The number of nitrogens with zero attached hydrogens (tertiary/aromatic N) is 4. The highest BCUT2D eigenvalue weighted by molar-refractivity contribution is 5.74. The molecule has 1 aliphatic heterocycles. The molecule has 1 aromatic heterocycles. The molecule has 0 radical (unpaired) electrons. The molecule has 0 unspecified atom stereocenters. The Balaban J connectivity index is 1.80. The van der Waals surface area contributed by atoms with Gasteiger partial charge in [-0.3, -0.25) is 9.69 Å². The number of carboxylic acids is 1. The van der Waals surface area contributed by atoms with Gasteiger partial charge in [0.1, 0.15) is 5.82 Å². The van der Waals surface area contributed by atoms with E-state index in [1.165, 1.54) is 0 Å². The van der Waals surface area contributed by atoms with E-state index in [0.29, 0.717) is 32.7 Å². The van der Waals surface area contributed by atoms with Crippen LogP contribution in [0.3, 0.4) is 0 Å². The Bertz CT molecular complexity index is 454. The van der Waals surface area contributed by atoms with Gasteiger partial charge in [0.05, 0.1) is 13.1 Å². The van der Waals surface area contributed by atoms with Gasteiger partial charge in [0.2, 0.25) is 0 Å². The van der Waals surface area contributed by atoms with Crippen LogP contribution >= 0.6 is 0 Å². The van der Waals surface area contributed by atoms with Gasteiger partial charge in [-0.1, -0.05) is 0 Å². The minimum atomic E-state index is -0.834. The Kier molecular flexibility index (Phi) is 4.57. The van der Waals surface area contributed by atoms with Crippen LogP contribution in [-0.4, -0.2) is 81.5 Å². The smallest absolute Gasteiger partial charge is 0.320 e. The Labute approximate surface area is 117 Å². The number of urea groups is 1. The molecule has 0 aliphatic carbocycles. The van der Waals surface area contributed by atoms with E-state index < -0.39 is 5.97 Å². The summed E-state index contributed by atoms with van der Waals surface area (Å²) in [4.78, 5) is 35.1. The molecule has 0 bridgehead atoms. The number of carbonyl (C=O) groups excluding carboxylic acids is 1. The second-order valence-corrected chi connectivity index (χ2v) is 4.83. The van der Waals surface area contributed by atoms with E-state index in [2.05, 4.69) is 9.97 Å². The van der Waals surface area contributed by atoms with Crippen molar-refractivity contribution >= 4 is 12.0 Å². The van der Waals surface area contributed by atoms with Gasteiger partial charge in [-0.05, 0) is 0 Å². The number of piperazine rings is 1. The van der Waals surface area contributed by atoms with Gasteiger partial charge in [-0.2, -0.15) is 0 Å². The third-order valence-electron chi connectivity index (χ3n) is 3.27. The molecule has 0 saturated carbocycles. The Hall–Kier alpha value is -2.09. The molecule has 2 rings (SSSR count). The minimum absolute atomic E-state index is 0.0320. The molecule has 0 atom stereocenters. The highest BCUT2D eigenvalue weighted by atomic mass is 16.4. The van der Waals surface area contributed by atoms with E-state index >= 15 is 0 Å². The van der Waals surface area contributed by atoms with Crippen molar-refractivity contribution in [1.82, 2.24) is 24.7 Å². The molecule has 110 valence electrons. The number of carboxylic acid groups (broad SMARTS) is 1. The van der Waals surface area contributed by atoms with E-state index in [1.807, 2.05) is 4.90 Å². The lowest BCUT2D eigenvalue weighted by molar-refractivity contribution is -0.138. The topological polar surface area (TPSA) is 92.8 Å². The summed E-state index contributed by atoms with van der Waals surface area (Å²) in [6.07, 6.45) is 3.37.